The number of ketones is 1. The van der Waals surface area contributed by atoms with Crippen molar-refractivity contribution in [1.29, 1.82) is 0 Å². The van der Waals surface area contributed by atoms with Gasteiger partial charge in [0.05, 0.1) is 0 Å². The van der Waals surface area contributed by atoms with Gasteiger partial charge >= 0.3 is 0 Å². The normalized spacial score (nSPS) is 11.8. The molecule has 15 heavy (non-hydrogen) atoms. The third-order valence-electron chi connectivity index (χ3n) is 1.91. The summed E-state index contributed by atoms with van der Waals surface area (Å²) in [6.07, 6.45) is 0.140. The van der Waals surface area contributed by atoms with E-state index in [1.165, 1.54) is 6.92 Å². The smallest absolute Gasteiger partial charge is 0.188 e. The lowest BCUT2D eigenvalue weighted by Gasteiger charge is -2.01. The molecule has 0 fully saturated rings. The van der Waals surface area contributed by atoms with Crippen LogP contribution in [0.4, 0.5) is 0 Å². The average Bonchev–Trinajstić information content (AvgIpc) is 2.19. The Morgan fingerprint density at radius 2 is 1.93 bits per heavy atom. The van der Waals surface area contributed by atoms with Crippen LogP contribution in [-0.2, 0) is 11.2 Å². The topological polar surface area (TPSA) is 66.7 Å². The van der Waals surface area contributed by atoms with Crippen LogP contribution < -0.4 is 0 Å². The van der Waals surface area contributed by atoms with Crippen LogP contribution >= 0.6 is 0 Å². The molecule has 0 aliphatic heterocycles. The SMILES string of the molecule is CC(=O)/C(N=O)=C(/O)Cc1ccccc1. The molecule has 78 valence electrons. The summed E-state index contributed by atoms with van der Waals surface area (Å²) in [6.45, 7) is 1.19. The predicted molar refractivity (Wildman–Crippen MR) is 56.3 cm³/mol. The van der Waals surface area contributed by atoms with Gasteiger partial charge in [0, 0.05) is 13.3 Å². The van der Waals surface area contributed by atoms with Crippen molar-refractivity contribution < 1.29 is 9.90 Å². The molecule has 0 amide bonds. The van der Waals surface area contributed by atoms with E-state index in [0.717, 1.165) is 5.56 Å². The van der Waals surface area contributed by atoms with Gasteiger partial charge in [0.2, 0.25) is 0 Å². The number of hydrogen-bond acceptors (Lipinski definition) is 4. The summed E-state index contributed by atoms with van der Waals surface area (Å²) in [7, 11) is 0. The van der Waals surface area contributed by atoms with Gasteiger partial charge in [-0.1, -0.05) is 30.3 Å². The Morgan fingerprint density at radius 3 is 2.40 bits per heavy atom. The number of nitrogens with zero attached hydrogens (tertiary/aromatic N) is 1. The minimum Gasteiger partial charge on any atom is -0.509 e. The minimum absolute atomic E-state index is 0.140. The van der Waals surface area contributed by atoms with Crippen molar-refractivity contribution in [1.82, 2.24) is 0 Å². The van der Waals surface area contributed by atoms with Crippen LogP contribution in [0.25, 0.3) is 0 Å². The third kappa shape index (κ3) is 3.02. The molecule has 0 unspecified atom stereocenters. The Bertz CT molecular complexity index is 396. The largest absolute Gasteiger partial charge is 0.509 e. The highest BCUT2D eigenvalue weighted by molar-refractivity contribution is 5.93. The van der Waals surface area contributed by atoms with E-state index in [9.17, 15) is 14.8 Å². The molecular formula is C11H11NO3. The number of aliphatic hydroxyl groups is 1. The summed E-state index contributed by atoms with van der Waals surface area (Å²) in [5, 5.41) is 12.0. The highest BCUT2D eigenvalue weighted by Gasteiger charge is 2.11. The minimum atomic E-state index is -0.529. The maximum absolute atomic E-state index is 10.9. The lowest BCUT2D eigenvalue weighted by atomic mass is 10.1. The van der Waals surface area contributed by atoms with Crippen LogP contribution in [0.2, 0.25) is 0 Å². The predicted octanol–water partition coefficient (Wildman–Crippen LogP) is 2.35. The van der Waals surface area contributed by atoms with Crippen molar-refractivity contribution in [3.8, 4) is 0 Å². The Hall–Kier alpha value is -1.97. The van der Waals surface area contributed by atoms with E-state index in [4.69, 9.17) is 0 Å². The molecule has 0 aliphatic carbocycles. The van der Waals surface area contributed by atoms with Crippen LogP contribution in [-0.4, -0.2) is 10.9 Å². The van der Waals surface area contributed by atoms with Gasteiger partial charge in [0.25, 0.3) is 0 Å². The Labute approximate surface area is 87.2 Å². The second-order valence-electron chi connectivity index (χ2n) is 3.11. The van der Waals surface area contributed by atoms with Crippen molar-refractivity contribution in [2.45, 2.75) is 13.3 Å². The molecule has 0 aromatic heterocycles. The number of rotatable bonds is 4. The van der Waals surface area contributed by atoms with Gasteiger partial charge in [-0.2, -0.15) is 0 Å². The zero-order valence-corrected chi connectivity index (χ0v) is 8.30. The molecular weight excluding hydrogens is 194 g/mol. The van der Waals surface area contributed by atoms with E-state index < -0.39 is 11.5 Å². The molecule has 0 radical (unpaired) electrons. The highest BCUT2D eigenvalue weighted by atomic mass is 16.3. The van der Waals surface area contributed by atoms with Gasteiger partial charge in [0.15, 0.2) is 11.5 Å². The first-order chi connectivity index (χ1) is 7.15. The molecule has 1 N–H and O–H groups in total. The molecule has 1 aromatic rings. The first kappa shape index (κ1) is 11.1. The monoisotopic (exact) mass is 205 g/mol. The van der Waals surface area contributed by atoms with Crippen molar-refractivity contribution in [2.24, 2.45) is 5.18 Å². The molecule has 0 saturated heterocycles. The quantitative estimate of drug-likeness (QED) is 0.466. The number of carbonyl (C=O) groups excluding carboxylic acids is 1. The van der Waals surface area contributed by atoms with Gasteiger partial charge in [-0.05, 0) is 10.7 Å². The second kappa shape index (κ2) is 5.05. The van der Waals surface area contributed by atoms with Crippen LogP contribution in [0.3, 0.4) is 0 Å². The third-order valence-corrected chi connectivity index (χ3v) is 1.91. The summed E-state index contributed by atoms with van der Waals surface area (Å²) in [5.74, 6) is -0.817. The molecule has 0 heterocycles. The van der Waals surface area contributed by atoms with Crippen molar-refractivity contribution in [3.05, 3.63) is 52.3 Å². The van der Waals surface area contributed by atoms with Gasteiger partial charge < -0.3 is 5.11 Å². The number of Topliss-reactive ketones (excluding diaryl/α,β-unsaturated/α-hetero) is 1. The number of nitroso groups, excluding NO2 is 1. The number of hydrogen-bond donors (Lipinski definition) is 1. The number of aliphatic hydroxyl groups excluding tert-OH is 1. The van der Waals surface area contributed by atoms with E-state index >= 15 is 0 Å². The van der Waals surface area contributed by atoms with Crippen molar-refractivity contribution in [2.75, 3.05) is 0 Å². The lowest BCUT2D eigenvalue weighted by Crippen LogP contribution is -2.01. The van der Waals surface area contributed by atoms with E-state index in [1.807, 2.05) is 18.2 Å². The highest BCUT2D eigenvalue weighted by Crippen LogP contribution is 2.11. The molecule has 0 saturated carbocycles. The fourth-order valence-electron chi connectivity index (χ4n) is 1.19. The lowest BCUT2D eigenvalue weighted by molar-refractivity contribution is -0.113. The Balaban J connectivity index is 2.91. The summed E-state index contributed by atoms with van der Waals surface area (Å²) in [6, 6.07) is 9.04. The summed E-state index contributed by atoms with van der Waals surface area (Å²) < 4.78 is 0. The molecule has 4 heteroatoms. The zero-order valence-electron chi connectivity index (χ0n) is 8.30. The van der Waals surface area contributed by atoms with E-state index in [-0.39, 0.29) is 12.2 Å². The van der Waals surface area contributed by atoms with Crippen LogP contribution in [0.15, 0.2) is 47.0 Å². The number of benzene rings is 1. The standard InChI is InChI=1S/C11H11NO3/c1-8(13)11(12-15)10(14)7-9-5-3-2-4-6-9/h2-6,14H,7H2,1H3/b11-10-. The average molecular weight is 205 g/mol. The van der Waals surface area contributed by atoms with E-state index in [1.54, 1.807) is 12.1 Å². The number of carbonyl (C=O) groups is 1. The Kier molecular flexibility index (Phi) is 3.74. The number of allylic oxidation sites excluding steroid dienone is 2. The fraction of sp³-hybridized carbons (Fsp3) is 0.182. The maximum atomic E-state index is 10.9. The van der Waals surface area contributed by atoms with E-state index in [2.05, 4.69) is 5.18 Å². The second-order valence-corrected chi connectivity index (χ2v) is 3.11. The molecule has 0 aliphatic rings. The molecule has 0 bridgehead atoms. The molecule has 1 aromatic carbocycles. The first-order valence-corrected chi connectivity index (χ1v) is 4.45. The molecule has 1 rings (SSSR count). The fourth-order valence-corrected chi connectivity index (χ4v) is 1.19. The van der Waals surface area contributed by atoms with Crippen molar-refractivity contribution >= 4 is 5.78 Å². The van der Waals surface area contributed by atoms with Crippen LogP contribution in [0.1, 0.15) is 12.5 Å². The van der Waals surface area contributed by atoms with Crippen LogP contribution in [0, 0.1) is 4.91 Å². The van der Waals surface area contributed by atoms with Gasteiger partial charge in [0.1, 0.15) is 5.76 Å². The van der Waals surface area contributed by atoms with E-state index in [0.29, 0.717) is 0 Å². The first-order valence-electron chi connectivity index (χ1n) is 4.45. The van der Waals surface area contributed by atoms with Gasteiger partial charge in [-0.25, -0.2) is 0 Å². The molecule has 0 spiro atoms. The van der Waals surface area contributed by atoms with Crippen molar-refractivity contribution in [3.63, 3.8) is 0 Å². The zero-order chi connectivity index (χ0) is 11.3. The summed E-state index contributed by atoms with van der Waals surface area (Å²) in [4.78, 5) is 21.2. The Morgan fingerprint density at radius 1 is 1.33 bits per heavy atom. The summed E-state index contributed by atoms with van der Waals surface area (Å²) in [5.41, 5.74) is 0.413. The molecule has 0 atom stereocenters. The van der Waals surface area contributed by atoms with Gasteiger partial charge in [-0.3, -0.25) is 4.79 Å². The summed E-state index contributed by atoms with van der Waals surface area (Å²) >= 11 is 0. The van der Waals surface area contributed by atoms with Crippen LogP contribution in [0.5, 0.6) is 0 Å². The maximum Gasteiger partial charge on any atom is 0.188 e. The van der Waals surface area contributed by atoms with Gasteiger partial charge in [-0.15, -0.1) is 4.91 Å². The molecule has 4 nitrogen and oxygen atoms in total.